The Kier molecular flexibility index (Phi) is 5.78. The number of hydrogen-bond acceptors (Lipinski definition) is 4. The molecule has 0 unspecified atom stereocenters. The minimum Gasteiger partial charge on any atom is -0.478 e. The normalized spacial score (nSPS) is 11.3. The number of carboxylic acid groups (broad SMARTS) is 1. The van der Waals surface area contributed by atoms with Crippen LogP contribution in [-0.4, -0.2) is 25.4 Å². The third-order valence-corrected chi connectivity index (χ3v) is 4.89. The summed E-state index contributed by atoms with van der Waals surface area (Å²) in [5.74, 6) is -1.86. The van der Waals surface area contributed by atoms with Gasteiger partial charge in [-0.1, -0.05) is 18.2 Å². The van der Waals surface area contributed by atoms with Gasteiger partial charge in [-0.2, -0.15) is 0 Å². The molecule has 3 N–H and O–H groups in total. The predicted octanol–water partition coefficient (Wildman–Crippen LogP) is 2.68. The second-order valence-corrected chi connectivity index (χ2v) is 7.24. The number of rotatable bonds is 6. The molecule has 0 heterocycles. The lowest BCUT2D eigenvalue weighted by Crippen LogP contribution is -2.15. The molecule has 0 spiro atoms. The predicted molar refractivity (Wildman–Crippen MR) is 98.6 cm³/mol. The number of carbonyl (C=O) groups excluding carboxylic acids is 1. The fourth-order valence-corrected chi connectivity index (χ4v) is 3.42. The van der Waals surface area contributed by atoms with E-state index < -0.39 is 21.9 Å². The van der Waals surface area contributed by atoms with Crippen LogP contribution in [0.3, 0.4) is 0 Å². The standard InChI is InChI=1S/C18H18N2O5S/c1-12-4-3-5-13(2)18(12)20-26(24,25)15-8-6-14(7-9-15)19-16(21)10-11-17(22)23/h3-11,20H,1-2H3,(H,19,21)(H,22,23). The van der Waals surface area contributed by atoms with E-state index in [-0.39, 0.29) is 4.90 Å². The van der Waals surface area contributed by atoms with Gasteiger partial charge in [0.2, 0.25) is 5.91 Å². The van der Waals surface area contributed by atoms with Crippen LogP contribution in [-0.2, 0) is 19.6 Å². The summed E-state index contributed by atoms with van der Waals surface area (Å²) in [6.45, 7) is 3.63. The first kappa shape index (κ1) is 19.2. The van der Waals surface area contributed by atoms with Crippen LogP contribution in [0, 0.1) is 13.8 Å². The van der Waals surface area contributed by atoms with Crippen LogP contribution < -0.4 is 10.0 Å². The molecule has 0 aliphatic carbocycles. The molecule has 2 rings (SSSR count). The van der Waals surface area contributed by atoms with Crippen molar-refractivity contribution in [2.24, 2.45) is 0 Å². The Bertz CT molecular complexity index is 943. The highest BCUT2D eigenvalue weighted by Crippen LogP contribution is 2.24. The first-order valence-electron chi connectivity index (χ1n) is 7.60. The van der Waals surface area contributed by atoms with Crippen molar-refractivity contribution in [3.63, 3.8) is 0 Å². The van der Waals surface area contributed by atoms with E-state index in [4.69, 9.17) is 5.11 Å². The SMILES string of the molecule is Cc1cccc(C)c1NS(=O)(=O)c1ccc(NC(=O)C=CC(=O)O)cc1. The summed E-state index contributed by atoms with van der Waals surface area (Å²) in [5, 5.41) is 10.9. The molecule has 0 aliphatic rings. The summed E-state index contributed by atoms with van der Waals surface area (Å²) in [7, 11) is -3.78. The molecule has 0 aromatic heterocycles. The maximum atomic E-state index is 12.5. The van der Waals surface area contributed by atoms with Crippen LogP contribution in [0.5, 0.6) is 0 Å². The molecule has 0 aliphatic heterocycles. The maximum absolute atomic E-state index is 12.5. The second kappa shape index (κ2) is 7.83. The second-order valence-electron chi connectivity index (χ2n) is 5.56. The van der Waals surface area contributed by atoms with Gasteiger partial charge in [0.1, 0.15) is 0 Å². The molecular formula is C18H18N2O5S. The number of carbonyl (C=O) groups is 2. The van der Waals surface area contributed by atoms with Gasteiger partial charge in [-0.25, -0.2) is 13.2 Å². The Morgan fingerprint density at radius 3 is 2.08 bits per heavy atom. The first-order valence-corrected chi connectivity index (χ1v) is 9.08. The summed E-state index contributed by atoms with van der Waals surface area (Å²) >= 11 is 0. The minimum atomic E-state index is -3.78. The molecule has 0 saturated carbocycles. The van der Waals surface area contributed by atoms with Crippen molar-refractivity contribution in [2.45, 2.75) is 18.7 Å². The summed E-state index contributed by atoms with van der Waals surface area (Å²) < 4.78 is 27.7. The van der Waals surface area contributed by atoms with Crippen LogP contribution in [0.1, 0.15) is 11.1 Å². The number of aliphatic carboxylic acids is 1. The zero-order valence-corrected chi connectivity index (χ0v) is 15.0. The average Bonchev–Trinajstić information content (AvgIpc) is 2.57. The summed E-state index contributed by atoms with van der Waals surface area (Å²) in [6.07, 6.45) is 1.58. The number of para-hydroxylation sites is 1. The fraction of sp³-hybridized carbons (Fsp3) is 0.111. The van der Waals surface area contributed by atoms with Crippen molar-refractivity contribution in [1.29, 1.82) is 0 Å². The number of hydrogen-bond donors (Lipinski definition) is 3. The lowest BCUT2D eigenvalue weighted by Gasteiger charge is -2.13. The molecule has 0 bridgehead atoms. The van der Waals surface area contributed by atoms with Crippen molar-refractivity contribution in [3.8, 4) is 0 Å². The zero-order chi connectivity index (χ0) is 19.3. The van der Waals surface area contributed by atoms with E-state index in [2.05, 4.69) is 10.0 Å². The van der Waals surface area contributed by atoms with Gasteiger partial charge >= 0.3 is 5.97 Å². The number of benzene rings is 2. The van der Waals surface area contributed by atoms with Crippen molar-refractivity contribution in [2.75, 3.05) is 10.0 Å². The molecule has 8 heteroatoms. The third kappa shape index (κ3) is 4.93. The van der Waals surface area contributed by atoms with Crippen LogP contribution in [0.15, 0.2) is 59.5 Å². The van der Waals surface area contributed by atoms with Crippen LogP contribution in [0.25, 0.3) is 0 Å². The number of amides is 1. The van der Waals surface area contributed by atoms with E-state index in [9.17, 15) is 18.0 Å². The van der Waals surface area contributed by atoms with Gasteiger partial charge in [-0.15, -0.1) is 0 Å². The van der Waals surface area contributed by atoms with Crippen molar-refractivity contribution in [3.05, 3.63) is 65.7 Å². The molecule has 7 nitrogen and oxygen atoms in total. The van der Waals surface area contributed by atoms with E-state index in [0.29, 0.717) is 17.5 Å². The van der Waals surface area contributed by atoms with E-state index in [0.717, 1.165) is 17.2 Å². The Labute approximate surface area is 151 Å². The molecular weight excluding hydrogens is 356 g/mol. The first-order chi connectivity index (χ1) is 12.2. The number of carboxylic acids is 1. The maximum Gasteiger partial charge on any atom is 0.328 e. The largest absolute Gasteiger partial charge is 0.478 e. The molecule has 2 aromatic carbocycles. The Balaban J connectivity index is 2.16. The molecule has 0 saturated heterocycles. The van der Waals surface area contributed by atoms with Crippen LogP contribution in [0.2, 0.25) is 0 Å². The number of sulfonamides is 1. The molecule has 0 radical (unpaired) electrons. The molecule has 0 atom stereocenters. The van der Waals surface area contributed by atoms with Crippen molar-refractivity contribution < 1.29 is 23.1 Å². The van der Waals surface area contributed by atoms with Crippen LogP contribution in [0.4, 0.5) is 11.4 Å². The van der Waals surface area contributed by atoms with Gasteiger partial charge in [-0.05, 0) is 49.2 Å². The Morgan fingerprint density at radius 1 is 0.962 bits per heavy atom. The molecule has 26 heavy (non-hydrogen) atoms. The van der Waals surface area contributed by atoms with Crippen molar-refractivity contribution >= 4 is 33.3 Å². The minimum absolute atomic E-state index is 0.0410. The third-order valence-electron chi connectivity index (χ3n) is 3.53. The van der Waals surface area contributed by atoms with Gasteiger partial charge in [0.15, 0.2) is 0 Å². The quantitative estimate of drug-likeness (QED) is 0.673. The molecule has 2 aromatic rings. The lowest BCUT2D eigenvalue weighted by molar-refractivity contribution is -0.131. The average molecular weight is 374 g/mol. The molecule has 136 valence electrons. The monoisotopic (exact) mass is 374 g/mol. The fourth-order valence-electron chi connectivity index (χ4n) is 2.22. The Hall–Kier alpha value is -3.13. The number of aryl methyl sites for hydroxylation is 2. The highest BCUT2D eigenvalue weighted by Gasteiger charge is 2.16. The summed E-state index contributed by atoms with van der Waals surface area (Å²) in [5.41, 5.74) is 2.49. The zero-order valence-electron chi connectivity index (χ0n) is 14.2. The van der Waals surface area contributed by atoms with Gasteiger partial charge in [0, 0.05) is 17.8 Å². The highest BCUT2D eigenvalue weighted by molar-refractivity contribution is 7.92. The van der Waals surface area contributed by atoms with E-state index in [1.807, 2.05) is 32.0 Å². The van der Waals surface area contributed by atoms with Crippen LogP contribution >= 0.6 is 0 Å². The highest BCUT2D eigenvalue weighted by atomic mass is 32.2. The summed E-state index contributed by atoms with van der Waals surface area (Å²) in [6, 6.07) is 11.0. The van der Waals surface area contributed by atoms with Gasteiger partial charge in [0.05, 0.1) is 10.6 Å². The van der Waals surface area contributed by atoms with E-state index in [1.165, 1.54) is 24.3 Å². The van der Waals surface area contributed by atoms with E-state index >= 15 is 0 Å². The summed E-state index contributed by atoms with van der Waals surface area (Å²) in [4.78, 5) is 21.9. The molecule has 0 fully saturated rings. The Morgan fingerprint density at radius 2 is 1.54 bits per heavy atom. The topological polar surface area (TPSA) is 113 Å². The van der Waals surface area contributed by atoms with Gasteiger partial charge < -0.3 is 10.4 Å². The number of anilines is 2. The lowest BCUT2D eigenvalue weighted by atomic mass is 10.1. The smallest absolute Gasteiger partial charge is 0.328 e. The van der Waals surface area contributed by atoms with Crippen molar-refractivity contribution in [1.82, 2.24) is 0 Å². The number of nitrogens with one attached hydrogen (secondary N) is 2. The molecule has 1 amide bonds. The van der Waals surface area contributed by atoms with Gasteiger partial charge in [-0.3, -0.25) is 9.52 Å². The van der Waals surface area contributed by atoms with Gasteiger partial charge in [0.25, 0.3) is 10.0 Å². The van der Waals surface area contributed by atoms with E-state index in [1.54, 1.807) is 0 Å².